The Morgan fingerprint density at radius 2 is 1.66 bits per heavy atom. The second-order valence-electron chi connectivity index (χ2n) is 9.89. The van der Waals surface area contributed by atoms with Gasteiger partial charge in [0.2, 0.25) is 11.7 Å². The van der Waals surface area contributed by atoms with Crippen molar-refractivity contribution in [1.29, 1.82) is 0 Å². The molecule has 5 rings (SSSR count). The number of aryl methyl sites for hydroxylation is 1. The maximum atomic E-state index is 13.5. The standard InChI is InChI=1S/C27H30N4O4/c1-15-7-9-16(10-8-15)25-29-26-28-18-13-27(2,3)14-19(32)22(18)23(31(26)30-25)17-11-20(33-4)24(35-6)21(12-17)34-5/h7-12,23H,13-14H2,1-6H3,(H,28,29,30). The fraction of sp³-hybridized carbons (Fsp3) is 0.370. The SMILES string of the molecule is COc1cc(C2C3=C(CC(C)(C)CC3=O)Nc3nc(-c4ccc(C)cc4)nn32)cc(OC)c1OC. The van der Waals surface area contributed by atoms with Crippen LogP contribution in [0.25, 0.3) is 11.4 Å². The van der Waals surface area contributed by atoms with E-state index < -0.39 is 6.04 Å². The first kappa shape index (κ1) is 23.0. The van der Waals surface area contributed by atoms with Crippen LogP contribution >= 0.6 is 0 Å². The van der Waals surface area contributed by atoms with Gasteiger partial charge in [-0.05, 0) is 36.5 Å². The van der Waals surface area contributed by atoms with Gasteiger partial charge in [-0.2, -0.15) is 4.98 Å². The third-order valence-corrected chi connectivity index (χ3v) is 6.64. The molecular formula is C27H30N4O4. The smallest absolute Gasteiger partial charge is 0.226 e. The first-order valence-electron chi connectivity index (χ1n) is 11.6. The van der Waals surface area contributed by atoms with E-state index in [1.54, 1.807) is 26.0 Å². The largest absolute Gasteiger partial charge is 0.493 e. The second kappa shape index (κ2) is 8.45. The zero-order valence-corrected chi connectivity index (χ0v) is 20.9. The summed E-state index contributed by atoms with van der Waals surface area (Å²) in [6.45, 7) is 6.27. The third kappa shape index (κ3) is 3.92. The summed E-state index contributed by atoms with van der Waals surface area (Å²) in [5, 5.41) is 8.29. The number of nitrogens with one attached hydrogen (secondary N) is 1. The molecule has 0 spiro atoms. The van der Waals surface area contributed by atoms with Crippen molar-refractivity contribution in [3.8, 4) is 28.6 Å². The number of rotatable bonds is 5. The lowest BCUT2D eigenvalue weighted by Crippen LogP contribution is -2.36. The van der Waals surface area contributed by atoms with E-state index in [1.165, 1.54) is 0 Å². The summed E-state index contributed by atoms with van der Waals surface area (Å²) in [6, 6.07) is 11.4. The van der Waals surface area contributed by atoms with Gasteiger partial charge in [0.15, 0.2) is 23.1 Å². The Bertz CT molecular complexity index is 1310. The lowest BCUT2D eigenvalue weighted by molar-refractivity contribution is -0.118. The second-order valence-corrected chi connectivity index (χ2v) is 9.89. The molecule has 0 radical (unpaired) electrons. The quantitative estimate of drug-likeness (QED) is 0.561. The monoisotopic (exact) mass is 474 g/mol. The number of carbonyl (C=O) groups is 1. The lowest BCUT2D eigenvalue weighted by Gasteiger charge is -2.38. The van der Waals surface area contributed by atoms with Crippen LogP contribution in [0.5, 0.6) is 17.2 Å². The van der Waals surface area contributed by atoms with E-state index in [0.29, 0.717) is 41.0 Å². The highest BCUT2D eigenvalue weighted by Crippen LogP contribution is 2.48. The van der Waals surface area contributed by atoms with Crippen LogP contribution in [-0.4, -0.2) is 41.9 Å². The molecule has 1 unspecified atom stereocenters. The van der Waals surface area contributed by atoms with Gasteiger partial charge in [-0.3, -0.25) is 4.79 Å². The molecule has 2 aliphatic rings. The molecule has 0 saturated heterocycles. The highest BCUT2D eigenvalue weighted by molar-refractivity contribution is 6.00. The van der Waals surface area contributed by atoms with Crippen molar-refractivity contribution in [2.24, 2.45) is 5.41 Å². The lowest BCUT2D eigenvalue weighted by atomic mass is 9.73. The molecule has 182 valence electrons. The fourth-order valence-corrected chi connectivity index (χ4v) is 5.00. The molecule has 2 aromatic carbocycles. The van der Waals surface area contributed by atoms with Gasteiger partial charge in [-0.25, -0.2) is 4.68 Å². The average molecular weight is 475 g/mol. The Balaban J connectivity index is 1.72. The van der Waals surface area contributed by atoms with Gasteiger partial charge in [-0.15, -0.1) is 5.10 Å². The Morgan fingerprint density at radius 3 is 2.26 bits per heavy atom. The average Bonchev–Trinajstić information content (AvgIpc) is 3.25. The first-order chi connectivity index (χ1) is 16.7. The number of nitrogens with zero attached hydrogens (tertiary/aromatic N) is 3. The summed E-state index contributed by atoms with van der Waals surface area (Å²) in [7, 11) is 4.74. The van der Waals surface area contributed by atoms with E-state index in [9.17, 15) is 4.79 Å². The minimum absolute atomic E-state index is 0.0977. The minimum atomic E-state index is -0.481. The number of ketones is 1. The predicted octanol–water partition coefficient (Wildman–Crippen LogP) is 4.94. The van der Waals surface area contributed by atoms with Gasteiger partial charge in [-0.1, -0.05) is 43.7 Å². The predicted molar refractivity (Wildman–Crippen MR) is 133 cm³/mol. The van der Waals surface area contributed by atoms with E-state index in [0.717, 1.165) is 28.8 Å². The molecule has 1 atom stereocenters. The molecule has 8 nitrogen and oxygen atoms in total. The Kier molecular flexibility index (Phi) is 5.54. The molecule has 35 heavy (non-hydrogen) atoms. The van der Waals surface area contributed by atoms with Crippen LogP contribution < -0.4 is 19.5 Å². The number of carbonyl (C=O) groups excluding carboxylic acids is 1. The van der Waals surface area contributed by atoms with Crippen LogP contribution in [0.4, 0.5) is 5.95 Å². The van der Waals surface area contributed by atoms with Crippen molar-refractivity contribution in [2.75, 3.05) is 26.6 Å². The molecule has 1 aromatic heterocycles. The molecule has 0 fully saturated rings. The Labute approximate surface area is 204 Å². The van der Waals surface area contributed by atoms with E-state index in [2.05, 4.69) is 19.2 Å². The number of anilines is 1. The van der Waals surface area contributed by atoms with Crippen LogP contribution in [-0.2, 0) is 4.79 Å². The molecule has 1 aliphatic heterocycles. The summed E-state index contributed by atoms with van der Waals surface area (Å²) < 4.78 is 18.5. The van der Waals surface area contributed by atoms with Gasteiger partial charge in [0.1, 0.15) is 6.04 Å². The van der Waals surface area contributed by atoms with E-state index >= 15 is 0 Å². The Hall–Kier alpha value is -3.81. The number of aromatic nitrogens is 3. The van der Waals surface area contributed by atoms with Crippen molar-refractivity contribution >= 4 is 11.7 Å². The molecule has 0 bridgehead atoms. The van der Waals surface area contributed by atoms with Crippen LogP contribution in [0.15, 0.2) is 47.7 Å². The molecule has 2 heterocycles. The van der Waals surface area contributed by atoms with Crippen LogP contribution in [0, 0.1) is 12.3 Å². The highest BCUT2D eigenvalue weighted by Gasteiger charge is 2.42. The van der Waals surface area contributed by atoms with Crippen LogP contribution in [0.1, 0.15) is 43.9 Å². The number of allylic oxidation sites excluding steroid dienone is 2. The molecule has 0 saturated carbocycles. The van der Waals surface area contributed by atoms with Crippen molar-refractivity contribution in [3.05, 3.63) is 58.8 Å². The number of hydrogen-bond donors (Lipinski definition) is 1. The summed E-state index contributed by atoms with van der Waals surface area (Å²) in [5.74, 6) is 2.83. The van der Waals surface area contributed by atoms with Gasteiger partial charge in [0, 0.05) is 23.3 Å². The Morgan fingerprint density at radius 1 is 1.00 bits per heavy atom. The first-order valence-corrected chi connectivity index (χ1v) is 11.6. The minimum Gasteiger partial charge on any atom is -0.493 e. The molecular weight excluding hydrogens is 444 g/mol. The number of benzene rings is 2. The molecule has 1 aliphatic carbocycles. The number of fused-ring (bicyclic) bond motifs is 1. The normalized spacial score (nSPS) is 18.5. The summed E-state index contributed by atoms with van der Waals surface area (Å²) in [4.78, 5) is 18.4. The maximum absolute atomic E-state index is 13.5. The number of ether oxygens (including phenoxy) is 3. The fourth-order valence-electron chi connectivity index (χ4n) is 5.00. The van der Waals surface area contributed by atoms with Gasteiger partial charge in [0.05, 0.1) is 21.3 Å². The van der Waals surface area contributed by atoms with Crippen molar-refractivity contribution < 1.29 is 19.0 Å². The molecule has 8 heteroatoms. The van der Waals surface area contributed by atoms with Crippen LogP contribution in [0.3, 0.4) is 0 Å². The third-order valence-electron chi connectivity index (χ3n) is 6.64. The molecule has 1 N–H and O–H groups in total. The van der Waals surface area contributed by atoms with E-state index in [1.807, 2.05) is 43.3 Å². The van der Waals surface area contributed by atoms with Crippen molar-refractivity contribution in [2.45, 2.75) is 39.7 Å². The highest BCUT2D eigenvalue weighted by atomic mass is 16.5. The van der Waals surface area contributed by atoms with E-state index in [-0.39, 0.29) is 11.2 Å². The van der Waals surface area contributed by atoms with Gasteiger partial charge < -0.3 is 19.5 Å². The number of methoxy groups -OCH3 is 3. The zero-order chi connectivity index (χ0) is 24.9. The van der Waals surface area contributed by atoms with Gasteiger partial charge in [0.25, 0.3) is 0 Å². The summed E-state index contributed by atoms with van der Waals surface area (Å²) >= 11 is 0. The summed E-state index contributed by atoms with van der Waals surface area (Å²) in [6.07, 6.45) is 1.20. The van der Waals surface area contributed by atoms with Crippen LogP contribution in [0.2, 0.25) is 0 Å². The number of Topliss-reactive ketones (excluding diaryl/α,β-unsaturated/α-hetero) is 1. The van der Waals surface area contributed by atoms with Gasteiger partial charge >= 0.3 is 0 Å². The van der Waals surface area contributed by atoms with Crippen molar-refractivity contribution in [1.82, 2.24) is 14.8 Å². The van der Waals surface area contributed by atoms with Crippen molar-refractivity contribution in [3.63, 3.8) is 0 Å². The topological polar surface area (TPSA) is 87.5 Å². The maximum Gasteiger partial charge on any atom is 0.226 e. The molecule has 3 aromatic rings. The number of hydrogen-bond acceptors (Lipinski definition) is 7. The zero-order valence-electron chi connectivity index (χ0n) is 20.9. The van der Waals surface area contributed by atoms with E-state index in [4.69, 9.17) is 24.3 Å². The molecule has 0 amide bonds. The summed E-state index contributed by atoms with van der Waals surface area (Å²) in [5.41, 5.74) is 4.32.